The second kappa shape index (κ2) is 6.38. The summed E-state index contributed by atoms with van der Waals surface area (Å²) < 4.78 is 5.12. The molecular weight excluding hydrogens is 232 g/mol. The number of rotatable bonds is 5. The van der Waals surface area contributed by atoms with Gasteiger partial charge in [0.05, 0.1) is 6.10 Å². The quantitative estimate of drug-likeness (QED) is 0.780. The molecule has 1 saturated heterocycles. The Balaban J connectivity index is 2.32. The zero-order chi connectivity index (χ0) is 13.8. The molecule has 3 N–H and O–H groups in total. The summed E-state index contributed by atoms with van der Waals surface area (Å²) in [6.45, 7) is 8.37. The molecule has 5 heteroatoms. The Bertz CT molecular complexity index is 271. The first kappa shape index (κ1) is 15.2. The molecule has 0 bridgehead atoms. The molecule has 1 fully saturated rings. The zero-order valence-corrected chi connectivity index (χ0v) is 11.7. The molecule has 5 nitrogen and oxygen atoms in total. The lowest BCUT2D eigenvalue weighted by Crippen LogP contribution is -2.40. The van der Waals surface area contributed by atoms with Crippen LogP contribution >= 0.6 is 0 Å². The number of likely N-dealkylation sites (tertiary alicyclic amines) is 1. The van der Waals surface area contributed by atoms with Gasteiger partial charge in [0.15, 0.2) is 0 Å². The average Bonchev–Trinajstić information content (AvgIpc) is 2.17. The van der Waals surface area contributed by atoms with Crippen molar-refractivity contribution in [2.75, 3.05) is 19.6 Å². The van der Waals surface area contributed by atoms with Crippen molar-refractivity contribution in [2.45, 2.75) is 51.7 Å². The van der Waals surface area contributed by atoms with Crippen molar-refractivity contribution < 1.29 is 14.6 Å². The van der Waals surface area contributed by atoms with Gasteiger partial charge in [-0.1, -0.05) is 0 Å². The lowest BCUT2D eigenvalue weighted by molar-refractivity contribution is 0.0141. The second-order valence-corrected chi connectivity index (χ2v) is 5.98. The molecule has 1 atom stereocenters. The molecule has 0 saturated carbocycles. The Kier molecular flexibility index (Phi) is 5.41. The molecule has 1 rings (SSSR count). The molecule has 0 aromatic carbocycles. The number of hydrogen-bond acceptors (Lipinski definition) is 4. The summed E-state index contributed by atoms with van der Waals surface area (Å²) in [6.07, 6.45) is 2.04. The second-order valence-electron chi connectivity index (χ2n) is 5.98. The fourth-order valence-corrected chi connectivity index (χ4v) is 2.76. The van der Waals surface area contributed by atoms with Crippen LogP contribution in [0.3, 0.4) is 0 Å². The number of aliphatic hydroxyl groups is 1. The van der Waals surface area contributed by atoms with Gasteiger partial charge in [-0.2, -0.15) is 0 Å². The van der Waals surface area contributed by atoms with Gasteiger partial charge in [0.2, 0.25) is 0 Å². The minimum Gasteiger partial charge on any atom is -0.444 e. The van der Waals surface area contributed by atoms with E-state index in [4.69, 9.17) is 10.5 Å². The van der Waals surface area contributed by atoms with Crippen LogP contribution in [0.5, 0.6) is 0 Å². The SMILES string of the molecule is CC(O)CN1CCC(CC(C)(C)OC(N)=O)CC1. The fourth-order valence-electron chi connectivity index (χ4n) is 2.76. The summed E-state index contributed by atoms with van der Waals surface area (Å²) in [5, 5.41) is 9.34. The zero-order valence-electron chi connectivity index (χ0n) is 11.7. The van der Waals surface area contributed by atoms with E-state index in [0.29, 0.717) is 5.92 Å². The van der Waals surface area contributed by atoms with Gasteiger partial charge >= 0.3 is 6.09 Å². The average molecular weight is 258 g/mol. The highest BCUT2D eigenvalue weighted by molar-refractivity contribution is 5.65. The van der Waals surface area contributed by atoms with Crippen LogP contribution in [-0.2, 0) is 4.74 Å². The van der Waals surface area contributed by atoms with Crippen molar-refractivity contribution in [1.29, 1.82) is 0 Å². The third-order valence-corrected chi connectivity index (χ3v) is 3.39. The first-order chi connectivity index (χ1) is 8.28. The molecule has 1 heterocycles. The summed E-state index contributed by atoms with van der Waals surface area (Å²) >= 11 is 0. The number of primary amides is 1. The van der Waals surface area contributed by atoms with Crippen LogP contribution in [0, 0.1) is 5.92 Å². The van der Waals surface area contributed by atoms with E-state index in [0.717, 1.165) is 38.9 Å². The molecule has 1 unspecified atom stereocenters. The predicted molar refractivity (Wildman–Crippen MR) is 70.2 cm³/mol. The molecule has 18 heavy (non-hydrogen) atoms. The Morgan fingerprint density at radius 1 is 1.50 bits per heavy atom. The number of piperidine rings is 1. The number of amides is 1. The maximum Gasteiger partial charge on any atom is 0.405 e. The van der Waals surface area contributed by atoms with Crippen molar-refractivity contribution in [3.63, 3.8) is 0 Å². The number of carbonyl (C=O) groups is 1. The number of aliphatic hydroxyl groups excluding tert-OH is 1. The minimum atomic E-state index is -0.702. The van der Waals surface area contributed by atoms with Gasteiger partial charge in [0.25, 0.3) is 0 Å². The Morgan fingerprint density at radius 2 is 2.06 bits per heavy atom. The van der Waals surface area contributed by atoms with Crippen LogP contribution in [-0.4, -0.2) is 47.4 Å². The van der Waals surface area contributed by atoms with Crippen LogP contribution in [0.15, 0.2) is 0 Å². The van der Waals surface area contributed by atoms with E-state index in [1.54, 1.807) is 0 Å². The van der Waals surface area contributed by atoms with Crippen LogP contribution in [0.1, 0.15) is 40.0 Å². The molecule has 1 amide bonds. The van der Waals surface area contributed by atoms with E-state index in [9.17, 15) is 9.90 Å². The van der Waals surface area contributed by atoms with E-state index >= 15 is 0 Å². The van der Waals surface area contributed by atoms with Crippen LogP contribution in [0.4, 0.5) is 4.79 Å². The molecule has 0 spiro atoms. The lowest BCUT2D eigenvalue weighted by atomic mass is 9.86. The van der Waals surface area contributed by atoms with Crippen molar-refractivity contribution in [3.8, 4) is 0 Å². The van der Waals surface area contributed by atoms with E-state index in [-0.39, 0.29) is 6.10 Å². The summed E-state index contributed by atoms with van der Waals surface area (Å²) in [7, 11) is 0. The van der Waals surface area contributed by atoms with Crippen molar-refractivity contribution in [2.24, 2.45) is 11.7 Å². The van der Waals surface area contributed by atoms with Crippen molar-refractivity contribution in [1.82, 2.24) is 4.90 Å². The highest BCUT2D eigenvalue weighted by Gasteiger charge is 2.29. The number of carbonyl (C=O) groups excluding carboxylic acids is 1. The largest absolute Gasteiger partial charge is 0.444 e. The maximum atomic E-state index is 10.8. The third-order valence-electron chi connectivity index (χ3n) is 3.39. The lowest BCUT2D eigenvalue weighted by Gasteiger charge is -2.36. The first-order valence-corrected chi connectivity index (χ1v) is 6.67. The Labute approximate surface area is 109 Å². The summed E-state index contributed by atoms with van der Waals surface area (Å²) in [4.78, 5) is 13.1. The van der Waals surface area contributed by atoms with Crippen molar-refractivity contribution >= 4 is 6.09 Å². The monoisotopic (exact) mass is 258 g/mol. The highest BCUT2D eigenvalue weighted by atomic mass is 16.6. The molecular formula is C13H26N2O3. The fraction of sp³-hybridized carbons (Fsp3) is 0.923. The number of hydrogen-bond donors (Lipinski definition) is 2. The van der Waals surface area contributed by atoms with Gasteiger partial charge in [0, 0.05) is 6.54 Å². The van der Waals surface area contributed by atoms with Gasteiger partial charge in [-0.25, -0.2) is 4.79 Å². The molecule has 0 radical (unpaired) electrons. The Hall–Kier alpha value is -0.810. The van der Waals surface area contributed by atoms with Crippen LogP contribution < -0.4 is 5.73 Å². The number of ether oxygens (including phenoxy) is 1. The topological polar surface area (TPSA) is 75.8 Å². The van der Waals surface area contributed by atoms with E-state index in [2.05, 4.69) is 4.90 Å². The van der Waals surface area contributed by atoms with E-state index in [1.165, 1.54) is 0 Å². The van der Waals surface area contributed by atoms with Gasteiger partial charge in [-0.05, 0) is 59.0 Å². The first-order valence-electron chi connectivity index (χ1n) is 6.67. The number of nitrogens with two attached hydrogens (primary N) is 1. The van der Waals surface area contributed by atoms with Gasteiger partial charge < -0.3 is 20.5 Å². The molecule has 0 aliphatic carbocycles. The molecule has 1 aliphatic heterocycles. The molecule has 1 aliphatic rings. The highest BCUT2D eigenvalue weighted by Crippen LogP contribution is 2.28. The maximum absolute atomic E-state index is 10.8. The molecule has 0 aromatic rings. The predicted octanol–water partition coefficient (Wildman–Crippen LogP) is 1.34. The third kappa shape index (κ3) is 5.69. The van der Waals surface area contributed by atoms with Gasteiger partial charge in [0.1, 0.15) is 5.60 Å². The summed E-state index contributed by atoms with van der Waals surface area (Å²) in [6, 6.07) is 0. The normalized spacial score (nSPS) is 20.7. The molecule has 106 valence electrons. The smallest absolute Gasteiger partial charge is 0.405 e. The minimum absolute atomic E-state index is 0.267. The number of nitrogens with zero attached hydrogens (tertiary/aromatic N) is 1. The summed E-state index contributed by atoms with van der Waals surface area (Å²) in [5.41, 5.74) is 4.58. The van der Waals surface area contributed by atoms with Crippen molar-refractivity contribution in [3.05, 3.63) is 0 Å². The standard InChI is InChI=1S/C13H26N2O3/c1-10(16)9-15-6-4-11(5-7-15)8-13(2,3)18-12(14)17/h10-11,16H,4-9H2,1-3H3,(H2,14,17). The molecule has 0 aromatic heterocycles. The Morgan fingerprint density at radius 3 is 2.50 bits per heavy atom. The van der Waals surface area contributed by atoms with E-state index < -0.39 is 11.7 Å². The van der Waals surface area contributed by atoms with Gasteiger partial charge in [-0.3, -0.25) is 0 Å². The van der Waals surface area contributed by atoms with Gasteiger partial charge in [-0.15, -0.1) is 0 Å². The van der Waals surface area contributed by atoms with E-state index in [1.807, 2.05) is 20.8 Å². The van der Waals surface area contributed by atoms with Crippen LogP contribution in [0.2, 0.25) is 0 Å². The van der Waals surface area contributed by atoms with Crippen LogP contribution in [0.25, 0.3) is 0 Å². The summed E-state index contributed by atoms with van der Waals surface area (Å²) in [5.74, 6) is 0.560. The number of β-amino-alcohol motifs (C(OH)–C–C–N with tert-alkyl or cyclic N) is 1.